The molecule has 1 amide bonds. The number of carbonyl (C=O) groups excluding carboxylic acids is 1. The van der Waals surface area contributed by atoms with E-state index in [2.05, 4.69) is 10.0 Å². The number of hydrogen-bond donors (Lipinski definition) is 2. The number of anilines is 2. The SMILES string of the molecule is CCOc1ccccc1NC(=O)c1ccc(C)c(S(=O)Nc2ccc(C)cc2)c1. The molecule has 0 fully saturated rings. The molecule has 0 saturated carbocycles. The first-order valence-corrected chi connectivity index (χ1v) is 10.5. The van der Waals surface area contributed by atoms with Gasteiger partial charge in [-0.05, 0) is 62.7 Å². The number of rotatable bonds is 7. The molecular formula is C23H24N2O3S. The maximum atomic E-state index is 12.8. The van der Waals surface area contributed by atoms with Gasteiger partial charge in [0.05, 0.1) is 17.2 Å². The van der Waals surface area contributed by atoms with Crippen LogP contribution in [0.15, 0.2) is 71.6 Å². The van der Waals surface area contributed by atoms with E-state index in [1.54, 1.807) is 30.3 Å². The molecule has 1 unspecified atom stereocenters. The van der Waals surface area contributed by atoms with Crippen molar-refractivity contribution in [2.45, 2.75) is 25.7 Å². The molecule has 0 radical (unpaired) electrons. The van der Waals surface area contributed by atoms with Crippen LogP contribution in [-0.2, 0) is 11.0 Å². The molecule has 6 heteroatoms. The van der Waals surface area contributed by atoms with Gasteiger partial charge in [0.1, 0.15) is 5.75 Å². The van der Waals surface area contributed by atoms with Gasteiger partial charge in [-0.15, -0.1) is 0 Å². The van der Waals surface area contributed by atoms with Crippen LogP contribution in [0.4, 0.5) is 11.4 Å². The second-order valence-electron chi connectivity index (χ2n) is 6.60. The highest BCUT2D eigenvalue weighted by molar-refractivity contribution is 7.86. The summed E-state index contributed by atoms with van der Waals surface area (Å²) in [5.74, 6) is 0.325. The molecule has 0 bridgehead atoms. The van der Waals surface area contributed by atoms with Crippen molar-refractivity contribution in [3.8, 4) is 5.75 Å². The highest BCUT2D eigenvalue weighted by Crippen LogP contribution is 2.25. The van der Waals surface area contributed by atoms with Crippen LogP contribution >= 0.6 is 0 Å². The van der Waals surface area contributed by atoms with Crippen LogP contribution in [0.5, 0.6) is 5.75 Å². The minimum absolute atomic E-state index is 0.286. The molecule has 0 aliphatic carbocycles. The average molecular weight is 409 g/mol. The van der Waals surface area contributed by atoms with Crippen LogP contribution < -0.4 is 14.8 Å². The minimum Gasteiger partial charge on any atom is -0.492 e. The Kier molecular flexibility index (Phi) is 6.67. The third-order valence-electron chi connectivity index (χ3n) is 4.35. The number of amides is 1. The largest absolute Gasteiger partial charge is 0.492 e. The van der Waals surface area contributed by atoms with Crippen molar-refractivity contribution in [1.29, 1.82) is 0 Å². The van der Waals surface area contributed by atoms with Crippen molar-refractivity contribution >= 4 is 28.3 Å². The Morgan fingerprint density at radius 1 is 1.00 bits per heavy atom. The first-order valence-electron chi connectivity index (χ1n) is 9.37. The average Bonchev–Trinajstić information content (AvgIpc) is 2.71. The second kappa shape index (κ2) is 9.39. The molecule has 2 N–H and O–H groups in total. The van der Waals surface area contributed by atoms with Gasteiger partial charge in [-0.25, -0.2) is 4.21 Å². The van der Waals surface area contributed by atoms with E-state index in [4.69, 9.17) is 4.74 Å². The Balaban J connectivity index is 1.80. The predicted molar refractivity (Wildman–Crippen MR) is 118 cm³/mol. The Bertz CT molecular complexity index is 1030. The molecule has 0 saturated heterocycles. The zero-order chi connectivity index (χ0) is 20.8. The van der Waals surface area contributed by atoms with Crippen molar-refractivity contribution in [2.24, 2.45) is 0 Å². The zero-order valence-corrected chi connectivity index (χ0v) is 17.5. The molecule has 0 heterocycles. The summed E-state index contributed by atoms with van der Waals surface area (Å²) in [5.41, 5.74) is 3.75. The number of benzene rings is 3. The molecule has 3 aromatic rings. The lowest BCUT2D eigenvalue weighted by Crippen LogP contribution is -2.14. The molecule has 3 rings (SSSR count). The summed E-state index contributed by atoms with van der Waals surface area (Å²) in [4.78, 5) is 13.3. The summed E-state index contributed by atoms with van der Waals surface area (Å²) in [6, 6.07) is 20.1. The Hall–Kier alpha value is -3.12. The van der Waals surface area contributed by atoms with Gasteiger partial charge in [0, 0.05) is 11.3 Å². The number of nitrogens with one attached hydrogen (secondary N) is 2. The van der Waals surface area contributed by atoms with E-state index < -0.39 is 11.0 Å². The van der Waals surface area contributed by atoms with Crippen molar-refractivity contribution in [2.75, 3.05) is 16.6 Å². The molecule has 3 aromatic carbocycles. The summed E-state index contributed by atoms with van der Waals surface area (Å²) in [6.45, 7) is 6.26. The Morgan fingerprint density at radius 2 is 1.72 bits per heavy atom. The number of para-hydroxylation sites is 2. The number of carbonyl (C=O) groups is 1. The first-order chi connectivity index (χ1) is 14.0. The van der Waals surface area contributed by atoms with Gasteiger partial charge in [-0.1, -0.05) is 35.9 Å². The molecule has 0 spiro atoms. The lowest BCUT2D eigenvalue weighted by atomic mass is 10.1. The molecular weight excluding hydrogens is 384 g/mol. The molecule has 1 atom stereocenters. The maximum absolute atomic E-state index is 12.8. The van der Waals surface area contributed by atoms with Gasteiger partial charge < -0.3 is 14.8 Å². The smallest absolute Gasteiger partial charge is 0.255 e. The van der Waals surface area contributed by atoms with E-state index in [9.17, 15) is 9.00 Å². The standard InChI is InChI=1S/C23H24N2O3S/c1-4-28-21-8-6-5-7-20(21)24-23(26)18-12-11-17(3)22(15-18)29(27)25-19-13-9-16(2)10-14-19/h5-15,25H,4H2,1-3H3,(H,24,26). The van der Waals surface area contributed by atoms with Crippen LogP contribution in [0.1, 0.15) is 28.4 Å². The quantitative estimate of drug-likeness (QED) is 0.572. The summed E-state index contributed by atoms with van der Waals surface area (Å²) in [7, 11) is -1.49. The Morgan fingerprint density at radius 3 is 2.45 bits per heavy atom. The van der Waals surface area contributed by atoms with E-state index in [1.165, 1.54) is 0 Å². The van der Waals surface area contributed by atoms with Crippen molar-refractivity contribution < 1.29 is 13.7 Å². The van der Waals surface area contributed by atoms with Gasteiger partial charge in [-0.3, -0.25) is 4.79 Å². The predicted octanol–water partition coefficient (Wildman–Crippen LogP) is 5.09. The monoisotopic (exact) mass is 408 g/mol. The van der Waals surface area contributed by atoms with E-state index in [1.807, 2.05) is 57.2 Å². The zero-order valence-electron chi connectivity index (χ0n) is 16.7. The number of hydrogen-bond acceptors (Lipinski definition) is 3. The third-order valence-corrected chi connectivity index (χ3v) is 5.61. The number of ether oxygens (including phenoxy) is 1. The minimum atomic E-state index is -1.49. The topological polar surface area (TPSA) is 67.4 Å². The summed E-state index contributed by atoms with van der Waals surface area (Å²) < 4.78 is 21.4. The van der Waals surface area contributed by atoms with Crippen molar-refractivity contribution in [3.05, 3.63) is 83.4 Å². The first kappa shape index (κ1) is 20.6. The summed E-state index contributed by atoms with van der Waals surface area (Å²) >= 11 is 0. The van der Waals surface area contributed by atoms with Crippen LogP contribution in [0.25, 0.3) is 0 Å². The Labute approximate surface area is 173 Å². The van der Waals surface area contributed by atoms with Gasteiger partial charge in [0.15, 0.2) is 11.0 Å². The maximum Gasteiger partial charge on any atom is 0.255 e. The van der Waals surface area contributed by atoms with Crippen molar-refractivity contribution in [3.63, 3.8) is 0 Å². The highest BCUT2D eigenvalue weighted by Gasteiger charge is 2.14. The second-order valence-corrected chi connectivity index (χ2v) is 7.78. The van der Waals surface area contributed by atoms with E-state index in [0.717, 1.165) is 16.8 Å². The number of aryl methyl sites for hydroxylation is 2. The normalized spacial score (nSPS) is 11.6. The fourth-order valence-electron chi connectivity index (χ4n) is 2.77. The van der Waals surface area contributed by atoms with Crippen LogP contribution in [0, 0.1) is 13.8 Å². The lowest BCUT2D eigenvalue weighted by Gasteiger charge is -2.13. The molecule has 5 nitrogen and oxygen atoms in total. The van der Waals surface area contributed by atoms with E-state index >= 15 is 0 Å². The van der Waals surface area contributed by atoms with E-state index in [0.29, 0.717) is 28.5 Å². The highest BCUT2D eigenvalue weighted by atomic mass is 32.2. The van der Waals surface area contributed by atoms with Gasteiger partial charge in [0.25, 0.3) is 5.91 Å². The molecule has 0 aliphatic rings. The molecule has 150 valence electrons. The molecule has 29 heavy (non-hydrogen) atoms. The van der Waals surface area contributed by atoms with Crippen LogP contribution in [0.3, 0.4) is 0 Å². The summed E-state index contributed by atoms with van der Waals surface area (Å²) in [5, 5.41) is 2.87. The van der Waals surface area contributed by atoms with Crippen molar-refractivity contribution in [1.82, 2.24) is 0 Å². The van der Waals surface area contributed by atoms with Gasteiger partial charge in [0.2, 0.25) is 0 Å². The van der Waals surface area contributed by atoms with Crippen LogP contribution in [-0.4, -0.2) is 16.7 Å². The van der Waals surface area contributed by atoms with Gasteiger partial charge in [-0.2, -0.15) is 0 Å². The lowest BCUT2D eigenvalue weighted by molar-refractivity contribution is 0.102. The summed E-state index contributed by atoms with van der Waals surface area (Å²) in [6.07, 6.45) is 0. The third kappa shape index (κ3) is 5.23. The fourth-order valence-corrected chi connectivity index (χ4v) is 3.83. The molecule has 0 aromatic heterocycles. The molecule has 0 aliphatic heterocycles. The van der Waals surface area contributed by atoms with E-state index in [-0.39, 0.29) is 5.91 Å². The van der Waals surface area contributed by atoms with Gasteiger partial charge >= 0.3 is 0 Å². The fraction of sp³-hybridized carbons (Fsp3) is 0.174. The van der Waals surface area contributed by atoms with Crippen LogP contribution in [0.2, 0.25) is 0 Å².